The van der Waals surface area contributed by atoms with E-state index in [1.54, 1.807) is 0 Å². The Hall–Kier alpha value is -0.200. The first-order valence-corrected chi connectivity index (χ1v) is 9.58. The van der Waals surface area contributed by atoms with Crippen molar-refractivity contribution in [3.63, 3.8) is 0 Å². The van der Waals surface area contributed by atoms with Gasteiger partial charge < -0.3 is 21.1 Å². The fourth-order valence-corrected chi connectivity index (χ4v) is 4.17. The van der Waals surface area contributed by atoms with Gasteiger partial charge in [-0.1, -0.05) is 0 Å². The third kappa shape index (κ3) is 7.36. The maximum absolute atomic E-state index is 9.90. The number of rotatable bonds is 1. The Kier molecular flexibility index (Phi) is 8.14. The van der Waals surface area contributed by atoms with E-state index in [1.165, 1.54) is 0 Å². The second kappa shape index (κ2) is 8.95. The normalized spacial score (nSPS) is 36.9. The van der Waals surface area contributed by atoms with Gasteiger partial charge in [0, 0.05) is 48.3 Å². The van der Waals surface area contributed by atoms with Gasteiger partial charge in [-0.2, -0.15) is 0 Å². The maximum Gasteiger partial charge on any atom is 0.0961 e. The molecule has 0 aromatic heterocycles. The zero-order valence-electron chi connectivity index (χ0n) is 17.2. The highest BCUT2D eigenvalue weighted by Gasteiger charge is 2.31. The highest BCUT2D eigenvalue weighted by molar-refractivity contribution is 4.90. The monoisotopic (exact) mass is 342 g/mol. The number of hydrogen-bond donors (Lipinski definition) is 4. The van der Waals surface area contributed by atoms with Crippen LogP contribution in [-0.4, -0.2) is 65.1 Å². The molecular formula is C19H42N4O. The molecule has 0 radical (unpaired) electrons. The van der Waals surface area contributed by atoms with Crippen LogP contribution in [0.1, 0.15) is 68.2 Å². The molecule has 5 nitrogen and oxygen atoms in total. The molecule has 0 amide bonds. The van der Waals surface area contributed by atoms with Crippen LogP contribution in [0.3, 0.4) is 0 Å². The molecule has 0 aromatic rings. The number of hydrogen-bond acceptors (Lipinski definition) is 5. The quantitative estimate of drug-likeness (QED) is 0.586. The van der Waals surface area contributed by atoms with Crippen LogP contribution in [0.5, 0.6) is 0 Å². The van der Waals surface area contributed by atoms with Crippen LogP contribution in [0.15, 0.2) is 0 Å². The Bertz CT molecular complexity index is 372. The van der Waals surface area contributed by atoms with Crippen LogP contribution in [0, 0.1) is 0 Å². The molecule has 4 atom stereocenters. The molecule has 4 N–H and O–H groups in total. The minimum atomic E-state index is -0.0448. The molecular weight excluding hydrogens is 300 g/mol. The zero-order chi connectivity index (χ0) is 18.5. The van der Waals surface area contributed by atoms with Gasteiger partial charge in [0.1, 0.15) is 0 Å². The fraction of sp³-hybridized carbons (Fsp3) is 1.00. The Morgan fingerprint density at radius 2 is 1.42 bits per heavy atom. The number of aliphatic hydroxyl groups is 1. The van der Waals surface area contributed by atoms with Crippen molar-refractivity contribution in [2.75, 3.05) is 19.8 Å². The van der Waals surface area contributed by atoms with E-state index in [-0.39, 0.29) is 17.8 Å². The lowest BCUT2D eigenvalue weighted by molar-refractivity contribution is 0.00686. The first kappa shape index (κ1) is 21.8. The van der Waals surface area contributed by atoms with Crippen molar-refractivity contribution >= 4 is 0 Å². The first-order chi connectivity index (χ1) is 10.9. The van der Waals surface area contributed by atoms with Crippen LogP contribution in [0.25, 0.3) is 0 Å². The lowest BCUT2D eigenvalue weighted by atomic mass is 9.92. The van der Waals surface area contributed by atoms with E-state index in [0.717, 1.165) is 25.9 Å². The van der Waals surface area contributed by atoms with Gasteiger partial charge >= 0.3 is 0 Å². The van der Waals surface area contributed by atoms with Crippen LogP contribution >= 0.6 is 0 Å². The Morgan fingerprint density at radius 1 is 0.875 bits per heavy atom. The Morgan fingerprint density at radius 3 is 2.00 bits per heavy atom. The highest BCUT2D eigenvalue weighted by atomic mass is 16.3. The van der Waals surface area contributed by atoms with Gasteiger partial charge in [0.05, 0.1) is 6.73 Å². The minimum absolute atomic E-state index is 0.0448. The average Bonchev–Trinajstić information content (AvgIpc) is 2.40. The van der Waals surface area contributed by atoms with E-state index in [1.807, 2.05) is 0 Å². The summed E-state index contributed by atoms with van der Waals surface area (Å²) in [6, 6.07) is 1.59. The molecule has 1 aliphatic heterocycles. The molecule has 4 unspecified atom stereocenters. The molecule has 1 heterocycles. The van der Waals surface area contributed by atoms with Crippen molar-refractivity contribution < 1.29 is 5.11 Å². The predicted molar refractivity (Wildman–Crippen MR) is 103 cm³/mol. The van der Waals surface area contributed by atoms with Crippen molar-refractivity contribution in [1.29, 1.82) is 0 Å². The third-order valence-electron chi connectivity index (χ3n) is 5.17. The van der Waals surface area contributed by atoms with Crippen molar-refractivity contribution in [2.45, 2.75) is 103 Å². The van der Waals surface area contributed by atoms with E-state index in [2.05, 4.69) is 76.2 Å². The molecule has 144 valence electrons. The van der Waals surface area contributed by atoms with E-state index in [0.29, 0.717) is 24.2 Å². The van der Waals surface area contributed by atoms with E-state index >= 15 is 0 Å². The van der Waals surface area contributed by atoms with Crippen molar-refractivity contribution in [2.24, 2.45) is 0 Å². The van der Waals surface area contributed by atoms with Gasteiger partial charge in [-0.25, -0.2) is 0 Å². The summed E-state index contributed by atoms with van der Waals surface area (Å²) in [6.07, 6.45) is 2.08. The third-order valence-corrected chi connectivity index (χ3v) is 5.17. The largest absolute Gasteiger partial charge is 0.381 e. The summed E-state index contributed by atoms with van der Waals surface area (Å²) >= 11 is 0. The maximum atomic E-state index is 9.90. The van der Waals surface area contributed by atoms with Crippen LogP contribution in [-0.2, 0) is 0 Å². The lowest BCUT2D eigenvalue weighted by Crippen LogP contribution is -2.56. The van der Waals surface area contributed by atoms with Crippen LogP contribution < -0.4 is 16.0 Å². The second-order valence-corrected chi connectivity index (χ2v) is 9.29. The summed E-state index contributed by atoms with van der Waals surface area (Å²) < 4.78 is 0. The van der Waals surface area contributed by atoms with Crippen molar-refractivity contribution in [3.05, 3.63) is 0 Å². The molecule has 24 heavy (non-hydrogen) atoms. The summed E-state index contributed by atoms with van der Waals surface area (Å²) in [5, 5.41) is 21.0. The summed E-state index contributed by atoms with van der Waals surface area (Å²) in [5.74, 6) is 0. The molecule has 1 aliphatic rings. The smallest absolute Gasteiger partial charge is 0.0961 e. The summed E-state index contributed by atoms with van der Waals surface area (Å²) in [7, 11) is 0. The summed E-state index contributed by atoms with van der Waals surface area (Å²) in [6.45, 7) is 19.9. The molecule has 1 saturated heterocycles. The predicted octanol–water partition coefficient (Wildman–Crippen LogP) is 1.91. The first-order valence-electron chi connectivity index (χ1n) is 9.58. The number of aliphatic hydroxyl groups excluding tert-OH is 1. The molecule has 1 rings (SSSR count). The number of nitrogens with one attached hydrogen (secondary N) is 3. The van der Waals surface area contributed by atoms with Crippen LogP contribution in [0.4, 0.5) is 0 Å². The lowest BCUT2D eigenvalue weighted by Gasteiger charge is -2.42. The fourth-order valence-electron chi connectivity index (χ4n) is 4.17. The standard InChI is InChI=1S/C19H42N4O/c1-14-9-18(5,6)20-11-16(3)21-15(2)10-19(7,8)23(13-24)12-17(4)22-14/h14-17,20-22,24H,9-13H2,1-8H3. The van der Waals surface area contributed by atoms with Gasteiger partial charge in [-0.15, -0.1) is 0 Å². The summed E-state index contributed by atoms with van der Waals surface area (Å²) in [5.41, 5.74) is 0.0578. The topological polar surface area (TPSA) is 59.6 Å². The highest BCUT2D eigenvalue weighted by Crippen LogP contribution is 2.22. The molecule has 0 spiro atoms. The van der Waals surface area contributed by atoms with Gasteiger partial charge in [0.2, 0.25) is 0 Å². The van der Waals surface area contributed by atoms with Crippen molar-refractivity contribution in [3.8, 4) is 0 Å². The summed E-state index contributed by atoms with van der Waals surface area (Å²) in [4.78, 5) is 2.19. The average molecular weight is 343 g/mol. The SMILES string of the molecule is CC1CNC(C)(C)CC(C)NC(C)CN(CO)C(C)(C)CC(C)N1. The van der Waals surface area contributed by atoms with Crippen molar-refractivity contribution in [1.82, 2.24) is 20.9 Å². The number of nitrogens with zero attached hydrogens (tertiary/aromatic N) is 1. The van der Waals surface area contributed by atoms with Gasteiger partial charge in [0.15, 0.2) is 0 Å². The molecule has 5 heteroatoms. The molecule has 0 saturated carbocycles. The Balaban J connectivity index is 2.91. The van der Waals surface area contributed by atoms with E-state index in [9.17, 15) is 5.11 Å². The van der Waals surface area contributed by atoms with Gasteiger partial charge in [0.25, 0.3) is 0 Å². The molecule has 1 fully saturated rings. The van der Waals surface area contributed by atoms with Gasteiger partial charge in [-0.3, -0.25) is 4.90 Å². The minimum Gasteiger partial charge on any atom is -0.381 e. The Labute approximate surface area is 150 Å². The van der Waals surface area contributed by atoms with Gasteiger partial charge in [-0.05, 0) is 68.2 Å². The molecule has 0 bridgehead atoms. The van der Waals surface area contributed by atoms with Crippen LogP contribution in [0.2, 0.25) is 0 Å². The van der Waals surface area contributed by atoms with E-state index in [4.69, 9.17) is 0 Å². The molecule has 0 aliphatic carbocycles. The van der Waals surface area contributed by atoms with E-state index < -0.39 is 0 Å². The molecule has 0 aromatic carbocycles. The zero-order valence-corrected chi connectivity index (χ0v) is 17.2. The second-order valence-electron chi connectivity index (χ2n) is 9.29.